The van der Waals surface area contributed by atoms with Gasteiger partial charge in [0.1, 0.15) is 0 Å². The second-order valence-corrected chi connectivity index (χ2v) is 4.50. The lowest BCUT2D eigenvalue weighted by Crippen LogP contribution is -2.33. The molecule has 0 spiro atoms. The Kier molecular flexibility index (Phi) is 3.24. The van der Waals surface area contributed by atoms with Crippen molar-refractivity contribution in [2.75, 3.05) is 0 Å². The molecule has 1 rings (SSSR count). The van der Waals surface area contributed by atoms with E-state index in [1.165, 1.54) is 0 Å². The van der Waals surface area contributed by atoms with E-state index in [1.54, 1.807) is 12.4 Å². The minimum atomic E-state index is -0.526. The van der Waals surface area contributed by atoms with E-state index >= 15 is 0 Å². The van der Waals surface area contributed by atoms with Gasteiger partial charge in [-0.25, -0.2) is 0 Å². The van der Waals surface area contributed by atoms with Crippen LogP contribution in [0.25, 0.3) is 0 Å². The molecule has 0 aliphatic rings. The molecule has 1 heterocycles. The molecule has 0 amide bonds. The molecular formula is C11H18N2O. The number of hydrogen-bond acceptors (Lipinski definition) is 3. The zero-order valence-corrected chi connectivity index (χ0v) is 8.99. The number of aliphatic hydroxyl groups is 1. The van der Waals surface area contributed by atoms with Gasteiger partial charge in [0.15, 0.2) is 0 Å². The molecule has 0 aliphatic carbocycles. The van der Waals surface area contributed by atoms with Gasteiger partial charge in [0.2, 0.25) is 0 Å². The predicted molar refractivity (Wildman–Crippen MR) is 56.8 cm³/mol. The first-order valence-corrected chi connectivity index (χ1v) is 4.77. The summed E-state index contributed by atoms with van der Waals surface area (Å²) >= 11 is 0. The maximum absolute atomic E-state index is 9.86. The molecule has 78 valence electrons. The normalized spacial score (nSPS) is 14.1. The Morgan fingerprint density at radius 1 is 1.50 bits per heavy atom. The average Bonchev–Trinajstić information content (AvgIpc) is 2.01. The smallest absolute Gasteiger partial charge is 0.0822 e. The fourth-order valence-corrected chi connectivity index (χ4v) is 1.38. The Bertz CT molecular complexity index is 304. The van der Waals surface area contributed by atoms with E-state index in [-0.39, 0.29) is 5.54 Å². The van der Waals surface area contributed by atoms with Crippen molar-refractivity contribution in [2.24, 2.45) is 5.73 Å². The van der Waals surface area contributed by atoms with E-state index in [0.29, 0.717) is 6.42 Å². The summed E-state index contributed by atoms with van der Waals surface area (Å²) in [4.78, 5) is 4.03. The zero-order chi connectivity index (χ0) is 10.8. The minimum absolute atomic E-state index is 0.358. The monoisotopic (exact) mass is 194 g/mol. The fourth-order valence-electron chi connectivity index (χ4n) is 1.38. The highest BCUT2D eigenvalue weighted by atomic mass is 16.3. The quantitative estimate of drug-likeness (QED) is 0.767. The van der Waals surface area contributed by atoms with Gasteiger partial charge < -0.3 is 10.8 Å². The standard InChI is InChI=1S/C11H18N2O/c1-8-4-9(7-13-6-8)10(14)5-11(2,3)12/h4,6-7,10,14H,5,12H2,1-3H3. The Labute approximate surface area is 85.0 Å². The lowest BCUT2D eigenvalue weighted by molar-refractivity contribution is 0.141. The molecule has 3 N–H and O–H groups in total. The third-order valence-corrected chi connectivity index (χ3v) is 2.00. The van der Waals surface area contributed by atoms with E-state index in [2.05, 4.69) is 4.98 Å². The van der Waals surface area contributed by atoms with Crippen molar-refractivity contribution in [2.45, 2.75) is 38.8 Å². The molecule has 0 radical (unpaired) electrons. The molecule has 0 saturated carbocycles. The number of pyridine rings is 1. The number of nitrogens with zero attached hydrogens (tertiary/aromatic N) is 1. The summed E-state index contributed by atoms with van der Waals surface area (Å²) in [7, 11) is 0. The molecule has 0 saturated heterocycles. The van der Waals surface area contributed by atoms with Gasteiger partial charge in [-0.05, 0) is 38.3 Å². The molecule has 1 atom stereocenters. The number of aromatic nitrogens is 1. The summed E-state index contributed by atoms with van der Waals surface area (Å²) in [5, 5.41) is 9.86. The van der Waals surface area contributed by atoms with Crippen LogP contribution >= 0.6 is 0 Å². The summed E-state index contributed by atoms with van der Waals surface area (Å²) in [5.74, 6) is 0. The number of nitrogens with two attached hydrogens (primary N) is 1. The maximum Gasteiger partial charge on any atom is 0.0822 e. The van der Waals surface area contributed by atoms with E-state index < -0.39 is 6.10 Å². The summed E-state index contributed by atoms with van der Waals surface area (Å²) in [6.07, 6.45) is 3.47. The largest absolute Gasteiger partial charge is 0.388 e. The van der Waals surface area contributed by atoms with Crippen molar-refractivity contribution in [1.82, 2.24) is 4.98 Å². The number of aliphatic hydroxyl groups excluding tert-OH is 1. The average molecular weight is 194 g/mol. The number of rotatable bonds is 3. The molecule has 1 unspecified atom stereocenters. The van der Waals surface area contributed by atoms with E-state index in [0.717, 1.165) is 11.1 Å². The van der Waals surface area contributed by atoms with Crippen molar-refractivity contribution in [3.63, 3.8) is 0 Å². The summed E-state index contributed by atoms with van der Waals surface area (Å²) in [6.45, 7) is 5.76. The SMILES string of the molecule is Cc1cncc(C(O)CC(C)(C)N)c1. The van der Waals surface area contributed by atoms with Gasteiger partial charge in [0, 0.05) is 17.9 Å². The molecule has 0 aliphatic heterocycles. The fraction of sp³-hybridized carbons (Fsp3) is 0.545. The van der Waals surface area contributed by atoms with Crippen LogP contribution in [0.4, 0.5) is 0 Å². The summed E-state index contributed by atoms with van der Waals surface area (Å²) in [5.41, 5.74) is 7.36. The molecule has 0 bridgehead atoms. The Morgan fingerprint density at radius 2 is 2.14 bits per heavy atom. The molecule has 3 heteroatoms. The predicted octanol–water partition coefficient (Wildman–Crippen LogP) is 1.55. The molecule has 0 aromatic carbocycles. The Hall–Kier alpha value is -0.930. The third-order valence-electron chi connectivity index (χ3n) is 2.00. The van der Waals surface area contributed by atoms with Crippen LogP contribution in [0, 0.1) is 6.92 Å². The van der Waals surface area contributed by atoms with Crippen molar-refractivity contribution in [3.8, 4) is 0 Å². The van der Waals surface area contributed by atoms with Crippen LogP contribution in [0.2, 0.25) is 0 Å². The van der Waals surface area contributed by atoms with Crippen LogP contribution in [0.1, 0.15) is 37.5 Å². The highest BCUT2D eigenvalue weighted by molar-refractivity contribution is 5.19. The topological polar surface area (TPSA) is 59.1 Å². The Morgan fingerprint density at radius 3 is 2.64 bits per heavy atom. The highest BCUT2D eigenvalue weighted by Crippen LogP contribution is 2.21. The van der Waals surface area contributed by atoms with Gasteiger partial charge in [-0.15, -0.1) is 0 Å². The first-order chi connectivity index (χ1) is 6.38. The summed E-state index contributed by atoms with van der Waals surface area (Å²) < 4.78 is 0. The van der Waals surface area contributed by atoms with Gasteiger partial charge in [-0.2, -0.15) is 0 Å². The molecule has 14 heavy (non-hydrogen) atoms. The van der Waals surface area contributed by atoms with Crippen LogP contribution in [0.3, 0.4) is 0 Å². The van der Waals surface area contributed by atoms with Crippen molar-refractivity contribution < 1.29 is 5.11 Å². The van der Waals surface area contributed by atoms with Crippen LogP contribution in [0.5, 0.6) is 0 Å². The number of hydrogen-bond donors (Lipinski definition) is 2. The minimum Gasteiger partial charge on any atom is -0.388 e. The van der Waals surface area contributed by atoms with Crippen LogP contribution in [-0.4, -0.2) is 15.6 Å². The van der Waals surface area contributed by atoms with Gasteiger partial charge in [-0.1, -0.05) is 6.07 Å². The highest BCUT2D eigenvalue weighted by Gasteiger charge is 2.18. The van der Waals surface area contributed by atoms with Crippen molar-refractivity contribution in [3.05, 3.63) is 29.6 Å². The zero-order valence-electron chi connectivity index (χ0n) is 8.99. The first-order valence-electron chi connectivity index (χ1n) is 4.77. The van der Waals surface area contributed by atoms with Gasteiger partial charge in [-0.3, -0.25) is 4.98 Å². The third kappa shape index (κ3) is 3.44. The Balaban J connectivity index is 2.74. The molecule has 1 aromatic rings. The summed E-state index contributed by atoms with van der Waals surface area (Å²) in [6, 6.07) is 1.93. The van der Waals surface area contributed by atoms with Crippen molar-refractivity contribution >= 4 is 0 Å². The lowest BCUT2D eigenvalue weighted by atomic mass is 9.94. The molecule has 1 aromatic heterocycles. The van der Waals surface area contributed by atoms with Gasteiger partial charge in [0.25, 0.3) is 0 Å². The van der Waals surface area contributed by atoms with Crippen LogP contribution in [-0.2, 0) is 0 Å². The van der Waals surface area contributed by atoms with Crippen LogP contribution in [0.15, 0.2) is 18.5 Å². The first kappa shape index (κ1) is 11.1. The second kappa shape index (κ2) is 4.07. The number of aryl methyl sites for hydroxylation is 1. The molecule has 0 fully saturated rings. The van der Waals surface area contributed by atoms with E-state index in [1.807, 2.05) is 26.8 Å². The maximum atomic E-state index is 9.86. The molecular weight excluding hydrogens is 176 g/mol. The van der Waals surface area contributed by atoms with Crippen LogP contribution < -0.4 is 5.73 Å². The van der Waals surface area contributed by atoms with Gasteiger partial charge in [0.05, 0.1) is 6.10 Å². The molecule has 3 nitrogen and oxygen atoms in total. The van der Waals surface area contributed by atoms with Gasteiger partial charge >= 0.3 is 0 Å². The van der Waals surface area contributed by atoms with E-state index in [9.17, 15) is 5.11 Å². The lowest BCUT2D eigenvalue weighted by Gasteiger charge is -2.22. The van der Waals surface area contributed by atoms with E-state index in [4.69, 9.17) is 5.73 Å². The van der Waals surface area contributed by atoms with Crippen molar-refractivity contribution in [1.29, 1.82) is 0 Å². The second-order valence-electron chi connectivity index (χ2n) is 4.50.